The maximum atomic E-state index is 12.3. The largest absolute Gasteiger partial charge is 0.489 e. The number of nitrogens with one attached hydrogen (secondary N) is 2. The third-order valence-corrected chi connectivity index (χ3v) is 4.35. The van der Waals surface area contributed by atoms with E-state index in [1.54, 1.807) is 32.3 Å². The fraction of sp³-hybridized carbons (Fsp3) is 0.550. The van der Waals surface area contributed by atoms with Gasteiger partial charge in [-0.25, -0.2) is 0 Å². The summed E-state index contributed by atoms with van der Waals surface area (Å²) in [5, 5.41) is 5.45. The highest BCUT2D eigenvalue weighted by atomic mass is 16.5. The zero-order valence-electron chi connectivity index (χ0n) is 17.5. The van der Waals surface area contributed by atoms with Gasteiger partial charge in [0.05, 0.1) is 24.7 Å². The summed E-state index contributed by atoms with van der Waals surface area (Å²) in [4.78, 5) is 39.8. The molecule has 2 N–H and O–H groups in total. The molecule has 1 heterocycles. The Hall–Kier alpha value is -2.77. The molecule has 0 unspecified atom stereocenters. The molecule has 0 spiro atoms. The number of benzene rings is 1. The monoisotopic (exact) mass is 390 g/mol. The molecule has 8 heteroatoms. The number of rotatable bonds is 5. The zero-order valence-corrected chi connectivity index (χ0v) is 17.5. The van der Waals surface area contributed by atoms with Crippen molar-refractivity contribution in [2.45, 2.75) is 38.8 Å². The van der Waals surface area contributed by atoms with Gasteiger partial charge in [0.2, 0.25) is 11.8 Å². The second-order valence-corrected chi connectivity index (χ2v) is 8.24. The van der Waals surface area contributed by atoms with Crippen LogP contribution in [0.1, 0.15) is 37.6 Å². The number of carbonyl (C=O) groups excluding carboxylic acids is 3. The molecule has 0 aliphatic carbocycles. The summed E-state index contributed by atoms with van der Waals surface area (Å²) in [6.07, 6.45) is 0.185. The van der Waals surface area contributed by atoms with Gasteiger partial charge in [0, 0.05) is 32.2 Å². The van der Waals surface area contributed by atoms with E-state index in [1.807, 2.05) is 32.7 Å². The predicted molar refractivity (Wildman–Crippen MR) is 108 cm³/mol. The van der Waals surface area contributed by atoms with Crippen molar-refractivity contribution in [2.24, 2.45) is 0 Å². The van der Waals surface area contributed by atoms with E-state index in [-0.39, 0.29) is 42.3 Å². The minimum absolute atomic E-state index is 0.0640. The Bertz CT molecular complexity index is 755. The number of hydrogen-bond donors (Lipinski definition) is 2. The van der Waals surface area contributed by atoms with Crippen molar-refractivity contribution in [3.8, 4) is 5.75 Å². The quantitative estimate of drug-likeness (QED) is 0.783. The summed E-state index contributed by atoms with van der Waals surface area (Å²) in [7, 11) is 5.27. The lowest BCUT2D eigenvalue weighted by molar-refractivity contribution is -0.127. The summed E-state index contributed by atoms with van der Waals surface area (Å²) < 4.78 is 5.77. The van der Waals surface area contributed by atoms with Gasteiger partial charge < -0.3 is 25.2 Å². The van der Waals surface area contributed by atoms with Crippen LogP contribution in [0.4, 0.5) is 5.69 Å². The van der Waals surface area contributed by atoms with Crippen LogP contribution in [-0.4, -0.2) is 68.5 Å². The number of amides is 3. The van der Waals surface area contributed by atoms with Crippen LogP contribution >= 0.6 is 0 Å². The van der Waals surface area contributed by atoms with E-state index in [0.29, 0.717) is 17.9 Å². The maximum Gasteiger partial charge on any atom is 0.253 e. The third kappa shape index (κ3) is 5.61. The highest BCUT2D eigenvalue weighted by molar-refractivity contribution is 5.95. The van der Waals surface area contributed by atoms with E-state index in [1.165, 1.54) is 4.90 Å². The highest BCUT2D eigenvalue weighted by Crippen LogP contribution is 2.34. The first-order valence-electron chi connectivity index (χ1n) is 9.27. The van der Waals surface area contributed by atoms with Gasteiger partial charge in [-0.2, -0.15) is 0 Å². The molecule has 0 radical (unpaired) electrons. The van der Waals surface area contributed by atoms with Crippen LogP contribution in [0.5, 0.6) is 5.75 Å². The number of nitrogens with zero attached hydrogens (tertiary/aromatic N) is 2. The molecule has 3 amide bonds. The summed E-state index contributed by atoms with van der Waals surface area (Å²) in [6, 6.07) is 5.09. The molecule has 0 saturated carbocycles. The number of hydrogen-bond acceptors (Lipinski definition) is 5. The van der Waals surface area contributed by atoms with Crippen LogP contribution in [0, 0.1) is 0 Å². The molecule has 0 bridgehead atoms. The first kappa shape index (κ1) is 21.5. The van der Waals surface area contributed by atoms with Crippen molar-refractivity contribution in [1.82, 2.24) is 15.5 Å². The topological polar surface area (TPSA) is 91.0 Å². The number of ether oxygens (including phenoxy) is 1. The molecule has 0 saturated heterocycles. The lowest BCUT2D eigenvalue weighted by Crippen LogP contribution is -2.48. The predicted octanol–water partition coefficient (Wildman–Crippen LogP) is 1.01. The van der Waals surface area contributed by atoms with Gasteiger partial charge in [-0.3, -0.25) is 14.4 Å². The Morgan fingerprint density at radius 3 is 2.50 bits per heavy atom. The first-order chi connectivity index (χ1) is 13.0. The lowest BCUT2D eigenvalue weighted by atomic mass is 10.1. The van der Waals surface area contributed by atoms with Crippen LogP contribution in [0.2, 0.25) is 0 Å². The number of fused-ring (bicyclic) bond motifs is 1. The molecule has 2 rings (SSSR count). The van der Waals surface area contributed by atoms with E-state index in [9.17, 15) is 14.4 Å². The van der Waals surface area contributed by atoms with Crippen molar-refractivity contribution in [2.75, 3.05) is 39.2 Å². The second-order valence-electron chi connectivity index (χ2n) is 8.24. The Morgan fingerprint density at radius 1 is 1.21 bits per heavy atom. The van der Waals surface area contributed by atoms with Crippen LogP contribution in [0.3, 0.4) is 0 Å². The van der Waals surface area contributed by atoms with E-state index < -0.39 is 0 Å². The average Bonchev–Trinajstić information content (AvgIpc) is 2.60. The molecular formula is C20H30N4O4. The van der Waals surface area contributed by atoms with Crippen molar-refractivity contribution < 1.29 is 19.1 Å². The van der Waals surface area contributed by atoms with Gasteiger partial charge >= 0.3 is 0 Å². The van der Waals surface area contributed by atoms with Gasteiger partial charge in [0.15, 0.2) is 0 Å². The SMILES string of the molecule is CN(C)C(=O)c1ccc2c(c1)N(C)[C@H](CC(=O)NCC(=O)NC(C)(C)C)CO2. The molecule has 0 fully saturated rings. The average molecular weight is 390 g/mol. The van der Waals surface area contributed by atoms with Crippen LogP contribution < -0.4 is 20.3 Å². The molecule has 0 aromatic heterocycles. The summed E-state index contributed by atoms with van der Waals surface area (Å²) in [6.45, 7) is 5.94. The van der Waals surface area contributed by atoms with Gasteiger partial charge in [-0.15, -0.1) is 0 Å². The van der Waals surface area contributed by atoms with E-state index in [4.69, 9.17) is 4.74 Å². The normalized spacial score (nSPS) is 15.9. The van der Waals surface area contributed by atoms with Crippen LogP contribution in [0.15, 0.2) is 18.2 Å². The minimum Gasteiger partial charge on any atom is -0.489 e. The van der Waals surface area contributed by atoms with Gasteiger partial charge in [0.1, 0.15) is 12.4 Å². The molecule has 1 aromatic rings. The smallest absolute Gasteiger partial charge is 0.253 e. The molecule has 1 aliphatic rings. The highest BCUT2D eigenvalue weighted by Gasteiger charge is 2.28. The summed E-state index contributed by atoms with van der Waals surface area (Å²) in [5.41, 5.74) is 0.982. The van der Waals surface area contributed by atoms with Gasteiger partial charge in [0.25, 0.3) is 5.91 Å². The van der Waals surface area contributed by atoms with Gasteiger partial charge in [-0.1, -0.05) is 0 Å². The molecule has 1 aromatic carbocycles. The van der Waals surface area contributed by atoms with Crippen LogP contribution in [-0.2, 0) is 9.59 Å². The second kappa shape index (κ2) is 8.50. The lowest BCUT2D eigenvalue weighted by Gasteiger charge is -2.35. The minimum atomic E-state index is -0.343. The van der Waals surface area contributed by atoms with Crippen molar-refractivity contribution in [3.63, 3.8) is 0 Å². The molecule has 1 aliphatic heterocycles. The Morgan fingerprint density at radius 2 is 1.89 bits per heavy atom. The molecule has 28 heavy (non-hydrogen) atoms. The summed E-state index contributed by atoms with van der Waals surface area (Å²) in [5.74, 6) is 0.125. The van der Waals surface area contributed by atoms with E-state index in [0.717, 1.165) is 5.69 Å². The zero-order chi connectivity index (χ0) is 21.1. The van der Waals surface area contributed by atoms with Crippen molar-refractivity contribution in [1.29, 1.82) is 0 Å². The number of anilines is 1. The van der Waals surface area contributed by atoms with Crippen molar-refractivity contribution >= 4 is 23.4 Å². The number of carbonyl (C=O) groups is 3. The first-order valence-corrected chi connectivity index (χ1v) is 9.27. The fourth-order valence-electron chi connectivity index (χ4n) is 2.92. The number of likely N-dealkylation sites (N-methyl/N-ethyl adjacent to an activating group) is 1. The molecule has 8 nitrogen and oxygen atoms in total. The molecule has 1 atom stereocenters. The fourth-order valence-corrected chi connectivity index (χ4v) is 2.92. The molecular weight excluding hydrogens is 360 g/mol. The van der Waals surface area contributed by atoms with Crippen LogP contribution in [0.25, 0.3) is 0 Å². The van der Waals surface area contributed by atoms with Gasteiger partial charge in [-0.05, 0) is 39.0 Å². The molecule has 154 valence electrons. The standard InChI is InChI=1S/C20H30N4O4/c1-20(2,3)22-18(26)11-21-17(25)10-14-12-28-16-8-7-13(19(27)23(4)5)9-15(16)24(14)6/h7-9,14H,10-12H2,1-6H3,(H,21,25)(H,22,26)/t14-/m1/s1. The van der Waals surface area contributed by atoms with E-state index >= 15 is 0 Å². The van der Waals surface area contributed by atoms with E-state index in [2.05, 4.69) is 10.6 Å². The Labute approximate surface area is 166 Å². The van der Waals surface area contributed by atoms with Crippen molar-refractivity contribution in [3.05, 3.63) is 23.8 Å². The Kier molecular flexibility index (Phi) is 6.53. The Balaban J connectivity index is 1.98. The summed E-state index contributed by atoms with van der Waals surface area (Å²) >= 11 is 0. The third-order valence-electron chi connectivity index (χ3n) is 4.35. The maximum absolute atomic E-state index is 12.3.